The molecule has 27 heteroatoms. The van der Waals surface area contributed by atoms with E-state index in [9.17, 15) is 64.2 Å². The van der Waals surface area contributed by atoms with Crippen molar-refractivity contribution in [2.45, 2.75) is 209 Å². The second-order valence-corrected chi connectivity index (χ2v) is 19.8. The number of aromatic amines is 1. The van der Waals surface area contributed by atoms with Crippen LogP contribution in [0.15, 0.2) is 26.8 Å². The zero-order chi connectivity index (χ0) is 55.2. The Balaban J connectivity index is 1.46. The van der Waals surface area contributed by atoms with Crippen LogP contribution in [0.1, 0.15) is 130 Å². The van der Waals surface area contributed by atoms with Crippen molar-refractivity contribution in [3.8, 4) is 0 Å². The molecule has 4 heterocycles. The number of urea groups is 1. The Labute approximate surface area is 435 Å². The minimum Gasteiger partial charge on any atom is -0.480 e. The number of nitrogens with one attached hydrogen (secondary N) is 7. The predicted octanol–water partition coefficient (Wildman–Crippen LogP) is -2.08. The van der Waals surface area contributed by atoms with Gasteiger partial charge in [-0.25, -0.2) is 14.4 Å². The van der Waals surface area contributed by atoms with E-state index < -0.39 is 132 Å². The molecule has 75 heavy (non-hydrogen) atoms. The standard InChI is InChI=1S/C48H83N11O16/c1-4-5-6-7-8-9-10-11-12-13-14-15-16-18-28(54-41(66)32(27-19-23-53-46(50)55-27)58-47(71)57-31(26(2)3)43(67)68)40(65)52-22-17-21-51-33(44(69)70)38(75-45-37(64)34(61)29(25-49)73-45)39-35(62)36(63)42(74-39)59-24-20-30(60)56-48(59)72/h20,24,26-29,31-39,42,45,51,61-64H,4-19,21-23,25,49H2,1-3H3,(H,52,65)(H,54,66)(H,67,68)(H,69,70)(H3,50,53,55)(H,56,60,72)(H2,57,58,71)/t27-,28-,29+,31-,32-,33?,34+,35-,36+,37+,38-,39-,42+,45-/m0/s1. The molecule has 0 aliphatic carbocycles. The van der Waals surface area contributed by atoms with Gasteiger partial charge in [-0.2, -0.15) is 0 Å². The number of aliphatic hydroxyl groups excluding tert-OH is 4. The van der Waals surface area contributed by atoms with Crippen LogP contribution in [0.3, 0.4) is 0 Å². The molecule has 3 aliphatic heterocycles. The van der Waals surface area contributed by atoms with Crippen LogP contribution >= 0.6 is 0 Å². The van der Waals surface area contributed by atoms with Gasteiger partial charge in [-0.1, -0.05) is 104 Å². The van der Waals surface area contributed by atoms with Gasteiger partial charge in [0.2, 0.25) is 11.8 Å². The summed E-state index contributed by atoms with van der Waals surface area (Å²) in [6.45, 7) is 5.14. The van der Waals surface area contributed by atoms with E-state index in [1.807, 2.05) is 4.98 Å². The predicted molar refractivity (Wildman–Crippen MR) is 271 cm³/mol. The van der Waals surface area contributed by atoms with Crippen LogP contribution in [0.4, 0.5) is 4.79 Å². The van der Waals surface area contributed by atoms with E-state index in [1.165, 1.54) is 44.9 Å². The molecule has 0 bridgehead atoms. The molecule has 4 amide bonds. The number of unbranched alkanes of at least 4 members (excludes halogenated alkanes) is 12. The number of aromatic nitrogens is 2. The van der Waals surface area contributed by atoms with Crippen molar-refractivity contribution in [3.63, 3.8) is 0 Å². The number of amides is 4. The van der Waals surface area contributed by atoms with Gasteiger partial charge in [0.25, 0.3) is 5.56 Å². The van der Waals surface area contributed by atoms with E-state index in [0.29, 0.717) is 6.42 Å². The minimum absolute atomic E-state index is 0.0228. The fourth-order valence-electron chi connectivity index (χ4n) is 9.33. The Morgan fingerprint density at radius 1 is 0.800 bits per heavy atom. The van der Waals surface area contributed by atoms with E-state index in [-0.39, 0.29) is 51.4 Å². The number of carboxylic acid groups (broad SMARTS) is 2. The fraction of sp³-hybridized carbons (Fsp3) is 0.792. The number of ether oxygens (including phenoxy) is 3. The summed E-state index contributed by atoms with van der Waals surface area (Å²) >= 11 is 0. The van der Waals surface area contributed by atoms with Gasteiger partial charge < -0.3 is 88.2 Å². The maximum Gasteiger partial charge on any atom is 0.330 e. The van der Waals surface area contributed by atoms with Gasteiger partial charge in [0.1, 0.15) is 66.9 Å². The lowest BCUT2D eigenvalue weighted by Gasteiger charge is -2.33. The SMILES string of the molecule is CCCCCCCCCCCCCCC[C@H](NC(=O)[C@@H](NC(=O)N[C@H](C(=O)O)C(C)C)[C@@H]1CCN=C(N)N1)C(=O)NCCCNC(C(=O)O)[C@H](O[C@@H]1O[C@H](CN)[C@@H](O)[C@H]1O)[C@H]1O[C@@H](n2ccc(=O)[nH]c2=O)[C@H](O)[C@@H]1O. The number of nitrogens with zero attached hydrogens (tertiary/aromatic N) is 2. The molecule has 0 radical (unpaired) electrons. The van der Waals surface area contributed by atoms with E-state index in [2.05, 4.69) is 43.8 Å². The summed E-state index contributed by atoms with van der Waals surface area (Å²) in [5.41, 5.74) is 9.85. The van der Waals surface area contributed by atoms with Crippen LogP contribution in [0.5, 0.6) is 0 Å². The van der Waals surface area contributed by atoms with Crippen molar-refractivity contribution in [1.82, 2.24) is 41.5 Å². The number of guanidine groups is 1. The molecule has 1 aromatic rings. The number of aliphatic carboxylic acids is 2. The lowest BCUT2D eigenvalue weighted by Crippen LogP contribution is -2.64. The Bertz CT molecular complexity index is 2110. The molecule has 14 atom stereocenters. The maximum absolute atomic E-state index is 14.2. The van der Waals surface area contributed by atoms with Gasteiger partial charge >= 0.3 is 23.7 Å². The molecule has 1 aromatic heterocycles. The molecule has 0 spiro atoms. The van der Waals surface area contributed by atoms with Crippen LogP contribution in [0, 0.1) is 5.92 Å². The molecule has 0 aromatic carbocycles. The summed E-state index contributed by atoms with van der Waals surface area (Å²) in [6.07, 6.45) is 0.472. The van der Waals surface area contributed by atoms with E-state index >= 15 is 0 Å². The lowest BCUT2D eigenvalue weighted by atomic mass is 9.98. The number of carboxylic acids is 2. The topological polar surface area (TPSA) is 426 Å². The highest BCUT2D eigenvalue weighted by Crippen LogP contribution is 2.34. The fourth-order valence-corrected chi connectivity index (χ4v) is 9.33. The van der Waals surface area contributed by atoms with Crippen LogP contribution in [0.2, 0.25) is 0 Å². The Hall–Kier alpha value is -5.26. The van der Waals surface area contributed by atoms with E-state index in [0.717, 1.165) is 48.9 Å². The lowest BCUT2D eigenvalue weighted by molar-refractivity contribution is -0.228. The monoisotopic (exact) mass is 1070 g/mol. The Morgan fingerprint density at radius 3 is 1.99 bits per heavy atom. The highest BCUT2D eigenvalue weighted by molar-refractivity contribution is 5.93. The molecular formula is C48H83N11O16. The van der Waals surface area contributed by atoms with Gasteiger partial charge in [-0.05, 0) is 31.7 Å². The first-order valence-corrected chi connectivity index (χ1v) is 26.4. The third-order valence-corrected chi connectivity index (χ3v) is 13.7. The largest absolute Gasteiger partial charge is 0.480 e. The van der Waals surface area contributed by atoms with E-state index in [1.54, 1.807) is 13.8 Å². The number of nitrogens with two attached hydrogens (primary N) is 2. The molecule has 2 fully saturated rings. The number of carbonyl (C=O) groups is 5. The van der Waals surface area contributed by atoms with Crippen molar-refractivity contribution in [1.29, 1.82) is 0 Å². The summed E-state index contributed by atoms with van der Waals surface area (Å²) in [5, 5.41) is 80.0. The highest BCUT2D eigenvalue weighted by atomic mass is 16.7. The normalized spacial score (nSPS) is 25.6. The van der Waals surface area contributed by atoms with Crippen molar-refractivity contribution in [3.05, 3.63) is 33.1 Å². The van der Waals surface area contributed by atoms with Gasteiger partial charge in [-0.15, -0.1) is 0 Å². The van der Waals surface area contributed by atoms with Crippen molar-refractivity contribution < 1.29 is 68.8 Å². The number of rotatable bonds is 34. The summed E-state index contributed by atoms with van der Waals surface area (Å²) in [4.78, 5) is 96.8. The highest BCUT2D eigenvalue weighted by Gasteiger charge is 2.54. The van der Waals surface area contributed by atoms with Crippen LogP contribution in [-0.4, -0.2) is 181 Å². The zero-order valence-electron chi connectivity index (χ0n) is 43.3. The third-order valence-electron chi connectivity index (χ3n) is 13.7. The summed E-state index contributed by atoms with van der Waals surface area (Å²) in [7, 11) is 0. The maximum atomic E-state index is 14.2. The molecule has 0 saturated carbocycles. The van der Waals surface area contributed by atoms with Gasteiger partial charge in [0.05, 0.1) is 6.04 Å². The molecule has 4 rings (SSSR count). The number of H-pyrrole nitrogens is 1. The summed E-state index contributed by atoms with van der Waals surface area (Å²) in [6, 6.07) is -6.31. The van der Waals surface area contributed by atoms with Crippen molar-refractivity contribution in [2.75, 3.05) is 26.2 Å². The number of hydrogen-bond donors (Lipinski definition) is 15. The number of carbonyl (C=O) groups excluding carboxylic acids is 3. The first kappa shape index (κ1) is 62.3. The van der Waals surface area contributed by atoms with E-state index in [4.69, 9.17) is 25.7 Å². The second-order valence-electron chi connectivity index (χ2n) is 19.8. The summed E-state index contributed by atoms with van der Waals surface area (Å²) in [5.74, 6) is -4.66. The second kappa shape index (κ2) is 31.7. The molecule has 1 unspecified atom stereocenters. The van der Waals surface area contributed by atoms with Crippen LogP contribution < -0.4 is 54.6 Å². The molecule has 3 aliphatic rings. The van der Waals surface area contributed by atoms with Crippen molar-refractivity contribution >= 4 is 35.7 Å². The van der Waals surface area contributed by atoms with Gasteiger partial charge in [-0.3, -0.25) is 33.7 Å². The zero-order valence-corrected chi connectivity index (χ0v) is 43.3. The van der Waals surface area contributed by atoms with Crippen LogP contribution in [0.25, 0.3) is 0 Å². The smallest absolute Gasteiger partial charge is 0.330 e. The third kappa shape index (κ3) is 19.1. The molecule has 426 valence electrons. The average Bonchev–Trinajstić information content (AvgIpc) is 3.81. The number of aliphatic imine (C=N–C) groups is 1. The number of hydrogen-bond acceptors (Lipinski definition) is 19. The minimum atomic E-state index is -1.93. The van der Waals surface area contributed by atoms with Gasteiger partial charge in [0, 0.05) is 31.9 Å². The molecule has 17 N–H and O–H groups in total. The van der Waals surface area contributed by atoms with Crippen LogP contribution in [-0.2, 0) is 33.4 Å². The number of aliphatic hydroxyl groups is 4. The Morgan fingerprint density at radius 2 is 1.43 bits per heavy atom. The molecule has 2 saturated heterocycles. The average molecular weight is 1070 g/mol. The van der Waals surface area contributed by atoms with Crippen molar-refractivity contribution in [2.24, 2.45) is 22.4 Å². The quantitative estimate of drug-likeness (QED) is 0.0329. The first-order valence-electron chi connectivity index (χ1n) is 26.4. The first-order chi connectivity index (χ1) is 35.8. The molecular weight excluding hydrogens is 987 g/mol. The summed E-state index contributed by atoms with van der Waals surface area (Å²) < 4.78 is 18.1. The molecule has 27 nitrogen and oxygen atoms in total. The van der Waals surface area contributed by atoms with Gasteiger partial charge in [0.15, 0.2) is 18.5 Å². The Kier molecular flexibility index (Phi) is 26.3.